The van der Waals surface area contributed by atoms with Gasteiger partial charge in [0.15, 0.2) is 0 Å². The molecule has 0 amide bonds. The second kappa shape index (κ2) is 5.20. The van der Waals surface area contributed by atoms with Crippen molar-refractivity contribution in [2.24, 2.45) is 0 Å². The first-order valence-electron chi connectivity index (χ1n) is 7.77. The van der Waals surface area contributed by atoms with Crippen molar-refractivity contribution in [1.82, 2.24) is 4.98 Å². The van der Waals surface area contributed by atoms with Crippen LogP contribution in [0.4, 0.5) is 0 Å². The van der Waals surface area contributed by atoms with Crippen molar-refractivity contribution in [2.75, 3.05) is 0 Å². The summed E-state index contributed by atoms with van der Waals surface area (Å²) in [4.78, 5) is 5.00. The van der Waals surface area contributed by atoms with Crippen molar-refractivity contribution in [1.29, 1.82) is 0 Å². The van der Waals surface area contributed by atoms with Gasteiger partial charge in [-0.1, -0.05) is 12.1 Å². The molecule has 2 aromatic carbocycles. The van der Waals surface area contributed by atoms with Gasteiger partial charge in [-0.2, -0.15) is 0 Å². The first-order valence-corrected chi connectivity index (χ1v) is 8.58. The smallest absolute Gasteiger partial charge is 0.124 e. The minimum atomic E-state index is 1.15. The van der Waals surface area contributed by atoms with Crippen LogP contribution in [0.2, 0.25) is 0 Å². The van der Waals surface area contributed by atoms with E-state index in [1.807, 2.05) is 11.3 Å². The van der Waals surface area contributed by atoms with E-state index in [0.717, 1.165) is 5.01 Å². The Morgan fingerprint density at radius 2 is 1.32 bits per heavy atom. The average molecular weight is 309 g/mol. The molecule has 3 rings (SSSR count). The summed E-state index contributed by atoms with van der Waals surface area (Å²) in [6.45, 7) is 15.4. The summed E-state index contributed by atoms with van der Waals surface area (Å²) in [6.07, 6.45) is 0. The van der Waals surface area contributed by atoms with Crippen molar-refractivity contribution < 1.29 is 0 Å². The number of aryl methyl sites for hydroxylation is 3. The van der Waals surface area contributed by atoms with Gasteiger partial charge in [0.1, 0.15) is 5.01 Å². The maximum Gasteiger partial charge on any atom is 0.124 e. The Balaban J connectivity index is 2.33. The number of hydrogen-bond donors (Lipinski definition) is 0. The predicted octanol–water partition coefficient (Wildman–Crippen LogP) is 6.12. The zero-order valence-electron chi connectivity index (χ0n) is 14.5. The minimum Gasteiger partial charge on any atom is -0.236 e. The second-order valence-electron chi connectivity index (χ2n) is 6.38. The van der Waals surface area contributed by atoms with Crippen LogP contribution in [0.1, 0.15) is 38.9 Å². The zero-order chi connectivity index (χ0) is 16.2. The van der Waals surface area contributed by atoms with Crippen molar-refractivity contribution >= 4 is 21.6 Å². The number of aromatic nitrogens is 1. The molecule has 0 saturated heterocycles. The van der Waals surface area contributed by atoms with Crippen molar-refractivity contribution in [3.8, 4) is 10.6 Å². The Hall–Kier alpha value is -1.67. The topological polar surface area (TPSA) is 12.9 Å². The summed E-state index contributed by atoms with van der Waals surface area (Å²) in [7, 11) is 0. The number of fused-ring (bicyclic) bond motifs is 1. The lowest BCUT2D eigenvalue weighted by molar-refractivity contribution is 1.24. The van der Waals surface area contributed by atoms with Gasteiger partial charge in [0, 0.05) is 5.56 Å². The first kappa shape index (κ1) is 15.2. The Labute approximate surface area is 137 Å². The molecule has 22 heavy (non-hydrogen) atoms. The molecule has 1 aromatic heterocycles. The molecule has 0 aliphatic rings. The fourth-order valence-corrected chi connectivity index (χ4v) is 4.30. The summed E-state index contributed by atoms with van der Waals surface area (Å²) in [5.74, 6) is 0. The molecular formula is C20H23NS. The quantitative estimate of drug-likeness (QED) is 0.527. The highest BCUT2D eigenvalue weighted by Crippen LogP contribution is 2.38. The number of nitrogens with zero attached hydrogens (tertiary/aromatic N) is 1. The number of thiazole rings is 1. The van der Waals surface area contributed by atoms with Gasteiger partial charge in [-0.15, -0.1) is 11.3 Å². The van der Waals surface area contributed by atoms with Crippen LogP contribution in [0.15, 0.2) is 12.1 Å². The van der Waals surface area contributed by atoms with Gasteiger partial charge < -0.3 is 0 Å². The molecule has 0 spiro atoms. The van der Waals surface area contributed by atoms with E-state index in [0.29, 0.717) is 0 Å². The Bertz CT molecular complexity index is 855. The molecule has 1 nitrogen and oxygen atoms in total. The molecule has 114 valence electrons. The monoisotopic (exact) mass is 309 g/mol. The molecule has 0 bridgehead atoms. The second-order valence-corrected chi connectivity index (χ2v) is 7.38. The first-order chi connectivity index (χ1) is 10.3. The van der Waals surface area contributed by atoms with Crippen LogP contribution in [0.5, 0.6) is 0 Å². The SMILES string of the molecule is Cc1ccc(-c2nc3c(C)c(C)c(C)c(C)c3s2)c(C)c1C. The average Bonchev–Trinajstić information content (AvgIpc) is 2.94. The van der Waals surface area contributed by atoms with E-state index in [9.17, 15) is 0 Å². The maximum atomic E-state index is 5.00. The lowest BCUT2D eigenvalue weighted by atomic mass is 9.98. The Morgan fingerprint density at radius 1 is 0.682 bits per heavy atom. The summed E-state index contributed by atoms with van der Waals surface area (Å²) in [5, 5.41) is 1.15. The largest absolute Gasteiger partial charge is 0.236 e. The van der Waals surface area contributed by atoms with E-state index in [-0.39, 0.29) is 0 Å². The molecule has 0 atom stereocenters. The summed E-state index contributed by atoms with van der Waals surface area (Å²) in [5.41, 5.74) is 12.0. The highest BCUT2D eigenvalue weighted by Gasteiger charge is 2.16. The molecule has 0 saturated carbocycles. The summed E-state index contributed by atoms with van der Waals surface area (Å²) in [6, 6.07) is 4.43. The van der Waals surface area contributed by atoms with Crippen LogP contribution in [-0.2, 0) is 0 Å². The van der Waals surface area contributed by atoms with E-state index >= 15 is 0 Å². The highest BCUT2D eigenvalue weighted by atomic mass is 32.1. The third kappa shape index (κ3) is 2.09. The normalized spacial score (nSPS) is 11.4. The molecule has 0 aliphatic carbocycles. The molecule has 0 N–H and O–H groups in total. The van der Waals surface area contributed by atoms with Gasteiger partial charge in [-0.3, -0.25) is 0 Å². The van der Waals surface area contributed by atoms with E-state index in [1.54, 1.807) is 0 Å². The molecule has 3 aromatic rings. The number of hydrogen-bond acceptors (Lipinski definition) is 2. The van der Waals surface area contributed by atoms with E-state index in [4.69, 9.17) is 4.98 Å². The fraction of sp³-hybridized carbons (Fsp3) is 0.350. The van der Waals surface area contributed by atoms with Crippen molar-refractivity contribution in [3.05, 3.63) is 51.1 Å². The molecule has 0 unspecified atom stereocenters. The van der Waals surface area contributed by atoms with Crippen LogP contribution < -0.4 is 0 Å². The van der Waals surface area contributed by atoms with Gasteiger partial charge in [0.2, 0.25) is 0 Å². The van der Waals surface area contributed by atoms with Crippen LogP contribution in [-0.4, -0.2) is 4.98 Å². The van der Waals surface area contributed by atoms with E-state index in [1.165, 1.54) is 54.7 Å². The molecule has 0 fully saturated rings. The molecule has 0 aliphatic heterocycles. The predicted molar refractivity (Wildman–Crippen MR) is 98.2 cm³/mol. The van der Waals surface area contributed by atoms with Crippen LogP contribution in [0.25, 0.3) is 20.8 Å². The van der Waals surface area contributed by atoms with Gasteiger partial charge in [-0.25, -0.2) is 4.98 Å². The van der Waals surface area contributed by atoms with E-state index in [2.05, 4.69) is 60.6 Å². The van der Waals surface area contributed by atoms with Crippen LogP contribution in [0, 0.1) is 48.5 Å². The summed E-state index contributed by atoms with van der Waals surface area (Å²) >= 11 is 1.83. The zero-order valence-corrected chi connectivity index (χ0v) is 15.3. The molecule has 0 radical (unpaired) electrons. The Kier molecular flexibility index (Phi) is 3.60. The highest BCUT2D eigenvalue weighted by molar-refractivity contribution is 7.21. The maximum absolute atomic E-state index is 5.00. The van der Waals surface area contributed by atoms with E-state index < -0.39 is 0 Å². The molecule has 1 heterocycles. The lowest BCUT2D eigenvalue weighted by Crippen LogP contribution is -1.92. The van der Waals surface area contributed by atoms with Crippen molar-refractivity contribution in [2.45, 2.75) is 48.5 Å². The van der Waals surface area contributed by atoms with Gasteiger partial charge in [0.05, 0.1) is 10.2 Å². The van der Waals surface area contributed by atoms with Crippen LogP contribution >= 0.6 is 11.3 Å². The minimum absolute atomic E-state index is 1.15. The number of rotatable bonds is 1. The molecular weight excluding hydrogens is 286 g/mol. The summed E-state index contributed by atoms with van der Waals surface area (Å²) < 4.78 is 1.34. The third-order valence-electron chi connectivity index (χ3n) is 5.30. The standard InChI is InChI=1S/C20H23NS/c1-10-8-9-17(14(5)11(10)2)20-21-18-15(6)12(3)13(4)16(7)19(18)22-20/h8-9H,1-7H3. The van der Waals surface area contributed by atoms with Gasteiger partial charge in [0.25, 0.3) is 0 Å². The van der Waals surface area contributed by atoms with Gasteiger partial charge in [-0.05, 0) is 87.4 Å². The van der Waals surface area contributed by atoms with Gasteiger partial charge >= 0.3 is 0 Å². The third-order valence-corrected chi connectivity index (χ3v) is 6.51. The fourth-order valence-electron chi connectivity index (χ4n) is 3.04. The Morgan fingerprint density at radius 3 is 2.00 bits per heavy atom. The lowest BCUT2D eigenvalue weighted by Gasteiger charge is -2.09. The van der Waals surface area contributed by atoms with Crippen molar-refractivity contribution in [3.63, 3.8) is 0 Å². The van der Waals surface area contributed by atoms with Crippen LogP contribution in [0.3, 0.4) is 0 Å². The number of benzene rings is 2. The molecule has 2 heteroatoms.